The van der Waals surface area contributed by atoms with Crippen molar-refractivity contribution >= 4 is 0 Å². The Bertz CT molecular complexity index is 207. The molecule has 1 saturated carbocycles. The molecule has 2 bridgehead atoms. The molecule has 0 amide bonds. The normalized spacial score (nSPS) is 40.1. The van der Waals surface area contributed by atoms with E-state index in [-0.39, 0.29) is 0 Å². The van der Waals surface area contributed by atoms with Gasteiger partial charge in [-0.05, 0) is 36.5 Å². The van der Waals surface area contributed by atoms with Crippen LogP contribution in [0.1, 0.15) is 59.3 Å². The summed E-state index contributed by atoms with van der Waals surface area (Å²) < 4.78 is 0. The van der Waals surface area contributed by atoms with E-state index in [1.807, 2.05) is 0 Å². The average molecular weight is 195 g/mol. The van der Waals surface area contributed by atoms with Gasteiger partial charge in [-0.25, -0.2) is 0 Å². The Morgan fingerprint density at radius 2 is 1.79 bits per heavy atom. The quantitative estimate of drug-likeness (QED) is 0.728. The highest BCUT2D eigenvalue weighted by atomic mass is 15.0. The summed E-state index contributed by atoms with van der Waals surface area (Å²) in [6.07, 6.45) is 8.49. The predicted octanol–water partition coefficient (Wildman–Crippen LogP) is 3.34. The molecule has 2 aliphatic rings. The molecule has 1 aliphatic carbocycles. The lowest BCUT2D eigenvalue weighted by Gasteiger charge is -2.45. The fourth-order valence-electron chi connectivity index (χ4n) is 3.88. The van der Waals surface area contributed by atoms with Crippen LogP contribution in [0, 0.1) is 10.8 Å². The van der Waals surface area contributed by atoms with Crippen LogP contribution < -0.4 is 5.32 Å². The first-order chi connectivity index (χ1) is 6.67. The fourth-order valence-corrected chi connectivity index (χ4v) is 3.88. The maximum atomic E-state index is 3.73. The molecule has 0 aromatic carbocycles. The van der Waals surface area contributed by atoms with Gasteiger partial charge in [0.2, 0.25) is 0 Å². The minimum atomic E-state index is 0.662. The van der Waals surface area contributed by atoms with Crippen molar-refractivity contribution in [2.24, 2.45) is 10.8 Å². The van der Waals surface area contributed by atoms with Crippen molar-refractivity contribution in [3.8, 4) is 0 Å². The summed E-state index contributed by atoms with van der Waals surface area (Å²) in [4.78, 5) is 0. The van der Waals surface area contributed by atoms with Gasteiger partial charge in [0.25, 0.3) is 0 Å². The molecule has 1 nitrogen and oxygen atoms in total. The molecule has 0 aromatic rings. The monoisotopic (exact) mass is 195 g/mol. The third kappa shape index (κ3) is 1.50. The summed E-state index contributed by atoms with van der Waals surface area (Å²) in [6.45, 7) is 8.44. The van der Waals surface area contributed by atoms with Crippen LogP contribution in [-0.4, -0.2) is 12.6 Å². The highest BCUT2D eigenvalue weighted by molar-refractivity contribution is 5.04. The molecule has 1 heteroatoms. The van der Waals surface area contributed by atoms with Crippen LogP contribution in [0.15, 0.2) is 0 Å². The Morgan fingerprint density at radius 1 is 1.07 bits per heavy atom. The molecular weight excluding hydrogens is 170 g/mol. The number of hydrogen-bond acceptors (Lipinski definition) is 1. The molecule has 0 radical (unpaired) electrons. The second-order valence-corrected chi connectivity index (χ2v) is 5.72. The summed E-state index contributed by atoms with van der Waals surface area (Å²) in [7, 11) is 0. The first kappa shape index (κ1) is 10.5. The lowest BCUT2D eigenvalue weighted by Crippen LogP contribution is -2.37. The van der Waals surface area contributed by atoms with Gasteiger partial charge in [0, 0.05) is 12.6 Å². The average Bonchev–Trinajstić information content (AvgIpc) is 2.55. The molecule has 2 unspecified atom stereocenters. The third-order valence-corrected chi connectivity index (χ3v) is 5.12. The van der Waals surface area contributed by atoms with Crippen molar-refractivity contribution in [3.63, 3.8) is 0 Å². The molecule has 1 N–H and O–H groups in total. The minimum Gasteiger partial charge on any atom is -0.313 e. The standard InChI is InChI=1S/C13H25N/c1-4-12(5-2)7-11-8-13(6-3,9-12)10-14-11/h11,14H,4-10H2,1-3H3. The first-order valence-corrected chi connectivity index (χ1v) is 6.41. The molecule has 14 heavy (non-hydrogen) atoms. The van der Waals surface area contributed by atoms with Crippen LogP contribution >= 0.6 is 0 Å². The van der Waals surface area contributed by atoms with Gasteiger partial charge in [0.15, 0.2) is 0 Å². The van der Waals surface area contributed by atoms with E-state index in [1.165, 1.54) is 45.1 Å². The maximum absolute atomic E-state index is 3.73. The SMILES string of the molecule is CCC1(CC)CC2CC(CC)(CN2)C1. The van der Waals surface area contributed by atoms with Crippen molar-refractivity contribution < 1.29 is 0 Å². The van der Waals surface area contributed by atoms with Crippen molar-refractivity contribution in [2.75, 3.05) is 6.54 Å². The lowest BCUT2D eigenvalue weighted by atomic mass is 9.60. The second-order valence-electron chi connectivity index (χ2n) is 5.72. The van der Waals surface area contributed by atoms with E-state index in [1.54, 1.807) is 0 Å². The molecular formula is C13H25N. The van der Waals surface area contributed by atoms with Crippen LogP contribution in [0.4, 0.5) is 0 Å². The summed E-state index contributed by atoms with van der Waals surface area (Å²) in [6, 6.07) is 0.837. The summed E-state index contributed by atoms with van der Waals surface area (Å²) in [5.41, 5.74) is 1.33. The van der Waals surface area contributed by atoms with Gasteiger partial charge in [0.05, 0.1) is 0 Å². The number of rotatable bonds is 3. The lowest BCUT2D eigenvalue weighted by molar-refractivity contribution is 0.0759. The molecule has 2 fully saturated rings. The zero-order valence-corrected chi connectivity index (χ0v) is 10.0. The Balaban J connectivity index is 2.18. The van der Waals surface area contributed by atoms with Gasteiger partial charge in [-0.15, -0.1) is 0 Å². The van der Waals surface area contributed by atoms with E-state index in [4.69, 9.17) is 0 Å². The Labute approximate surface area is 88.7 Å². The van der Waals surface area contributed by atoms with Crippen LogP contribution in [-0.2, 0) is 0 Å². The molecule has 2 atom stereocenters. The van der Waals surface area contributed by atoms with E-state index < -0.39 is 0 Å². The van der Waals surface area contributed by atoms with Crippen LogP contribution in [0.25, 0.3) is 0 Å². The topological polar surface area (TPSA) is 12.0 Å². The predicted molar refractivity (Wildman–Crippen MR) is 61.4 cm³/mol. The number of fused-ring (bicyclic) bond motifs is 2. The zero-order valence-electron chi connectivity index (χ0n) is 10.0. The van der Waals surface area contributed by atoms with Gasteiger partial charge in [-0.2, -0.15) is 0 Å². The highest BCUT2D eigenvalue weighted by Gasteiger charge is 2.49. The van der Waals surface area contributed by atoms with Crippen LogP contribution in [0.2, 0.25) is 0 Å². The molecule has 1 heterocycles. The summed E-state index contributed by atoms with van der Waals surface area (Å²) >= 11 is 0. The molecule has 0 spiro atoms. The van der Waals surface area contributed by atoms with Crippen LogP contribution in [0.5, 0.6) is 0 Å². The van der Waals surface area contributed by atoms with Crippen molar-refractivity contribution in [2.45, 2.75) is 65.3 Å². The van der Waals surface area contributed by atoms with E-state index in [2.05, 4.69) is 26.1 Å². The van der Waals surface area contributed by atoms with Gasteiger partial charge in [-0.3, -0.25) is 0 Å². The van der Waals surface area contributed by atoms with E-state index in [9.17, 15) is 0 Å². The highest BCUT2D eigenvalue weighted by Crippen LogP contribution is 2.54. The number of hydrogen-bond donors (Lipinski definition) is 1. The fraction of sp³-hybridized carbons (Fsp3) is 1.00. The van der Waals surface area contributed by atoms with Crippen molar-refractivity contribution in [3.05, 3.63) is 0 Å². The van der Waals surface area contributed by atoms with Gasteiger partial charge in [-0.1, -0.05) is 33.6 Å². The van der Waals surface area contributed by atoms with Gasteiger partial charge < -0.3 is 5.32 Å². The smallest absolute Gasteiger partial charge is 0.00783 e. The van der Waals surface area contributed by atoms with Gasteiger partial charge in [0.1, 0.15) is 0 Å². The van der Waals surface area contributed by atoms with E-state index in [0.717, 1.165) is 6.04 Å². The molecule has 1 saturated heterocycles. The largest absolute Gasteiger partial charge is 0.313 e. The maximum Gasteiger partial charge on any atom is 0.00783 e. The minimum absolute atomic E-state index is 0.662. The second kappa shape index (κ2) is 3.52. The van der Waals surface area contributed by atoms with E-state index >= 15 is 0 Å². The molecule has 2 rings (SSSR count). The first-order valence-electron chi connectivity index (χ1n) is 6.41. The van der Waals surface area contributed by atoms with E-state index in [0.29, 0.717) is 10.8 Å². The third-order valence-electron chi connectivity index (χ3n) is 5.12. The number of nitrogens with one attached hydrogen (secondary N) is 1. The summed E-state index contributed by atoms with van der Waals surface area (Å²) in [5.74, 6) is 0. The molecule has 82 valence electrons. The molecule has 0 aromatic heterocycles. The van der Waals surface area contributed by atoms with Crippen LogP contribution in [0.3, 0.4) is 0 Å². The Morgan fingerprint density at radius 3 is 2.36 bits per heavy atom. The summed E-state index contributed by atoms with van der Waals surface area (Å²) in [5, 5.41) is 3.73. The Kier molecular flexibility index (Phi) is 2.63. The van der Waals surface area contributed by atoms with Crippen molar-refractivity contribution in [1.82, 2.24) is 5.32 Å². The molecule has 1 aliphatic heterocycles. The van der Waals surface area contributed by atoms with Crippen molar-refractivity contribution in [1.29, 1.82) is 0 Å². The zero-order chi connectivity index (χ0) is 10.2. The Hall–Kier alpha value is -0.0400. The van der Waals surface area contributed by atoms with Gasteiger partial charge >= 0.3 is 0 Å².